The fourth-order valence-electron chi connectivity index (χ4n) is 2.60. The number of rotatable bonds is 6. The van der Waals surface area contributed by atoms with Crippen molar-refractivity contribution in [1.82, 2.24) is 24.8 Å². The molecule has 2 aromatic heterocycles. The van der Waals surface area contributed by atoms with Gasteiger partial charge in [-0.2, -0.15) is 9.97 Å². The van der Waals surface area contributed by atoms with Gasteiger partial charge in [0.1, 0.15) is 12.1 Å². The molecule has 2 aromatic rings. The van der Waals surface area contributed by atoms with E-state index >= 15 is 0 Å². The zero-order chi connectivity index (χ0) is 14.5. The molecule has 0 spiro atoms. The maximum atomic E-state index is 5.86. The number of anilines is 1. The number of ether oxygens (including phenoxy) is 1. The van der Waals surface area contributed by atoms with Gasteiger partial charge in [0.2, 0.25) is 11.8 Å². The topological polar surface area (TPSA) is 79.0 Å². The Morgan fingerprint density at radius 1 is 1.29 bits per heavy atom. The van der Waals surface area contributed by atoms with Gasteiger partial charge in [-0.1, -0.05) is 6.42 Å². The molecule has 0 saturated carbocycles. The molecule has 1 fully saturated rings. The summed E-state index contributed by atoms with van der Waals surface area (Å²) in [6, 6.07) is 0. The normalized spacial score (nSPS) is 16.2. The number of fused-ring (bicyclic) bond motifs is 1. The summed E-state index contributed by atoms with van der Waals surface area (Å²) in [4.78, 5) is 18.4. The second-order valence-electron chi connectivity index (χ2n) is 5.23. The van der Waals surface area contributed by atoms with Gasteiger partial charge >= 0.3 is 0 Å². The molecule has 114 valence electrons. The third kappa shape index (κ3) is 3.41. The van der Waals surface area contributed by atoms with Crippen LogP contribution in [0.2, 0.25) is 0 Å². The van der Waals surface area contributed by atoms with E-state index in [1.165, 1.54) is 32.4 Å². The van der Waals surface area contributed by atoms with Crippen LogP contribution in [0.1, 0.15) is 26.2 Å². The highest BCUT2D eigenvalue weighted by molar-refractivity contribution is 5.76. The van der Waals surface area contributed by atoms with Crippen LogP contribution in [0.5, 0.6) is 5.88 Å². The van der Waals surface area contributed by atoms with Gasteiger partial charge in [-0.15, -0.1) is 0 Å². The van der Waals surface area contributed by atoms with Gasteiger partial charge in [-0.25, -0.2) is 4.98 Å². The third-order valence-corrected chi connectivity index (χ3v) is 3.68. The summed E-state index contributed by atoms with van der Waals surface area (Å²) in [7, 11) is 0. The molecular formula is C14H22N6O. The molecule has 1 aliphatic rings. The van der Waals surface area contributed by atoms with Crippen LogP contribution in [-0.4, -0.2) is 57.6 Å². The van der Waals surface area contributed by atoms with Gasteiger partial charge < -0.3 is 15.0 Å². The van der Waals surface area contributed by atoms with E-state index in [1.807, 2.05) is 6.92 Å². The molecular weight excluding hydrogens is 268 g/mol. The standard InChI is InChI=1S/C14H22N6O/c1-2-15-14-18-12-11(16-10-17-12)13(19-14)21-9-8-20-6-4-3-5-7-20/h10H,2-9H2,1H3,(H2,15,16,17,18,19). The molecule has 0 unspecified atom stereocenters. The zero-order valence-electron chi connectivity index (χ0n) is 12.4. The second-order valence-corrected chi connectivity index (χ2v) is 5.23. The minimum absolute atomic E-state index is 0.560. The summed E-state index contributed by atoms with van der Waals surface area (Å²) in [6.07, 6.45) is 5.56. The summed E-state index contributed by atoms with van der Waals surface area (Å²) < 4.78 is 5.86. The average Bonchev–Trinajstić information content (AvgIpc) is 2.97. The van der Waals surface area contributed by atoms with Gasteiger partial charge in [-0.05, 0) is 32.9 Å². The number of aromatic nitrogens is 4. The number of hydrogen-bond donors (Lipinski definition) is 2. The van der Waals surface area contributed by atoms with Crippen molar-refractivity contribution < 1.29 is 4.74 Å². The number of H-pyrrole nitrogens is 1. The Hall–Kier alpha value is -1.89. The first-order valence-corrected chi connectivity index (χ1v) is 7.67. The molecule has 7 heteroatoms. The maximum absolute atomic E-state index is 5.86. The van der Waals surface area contributed by atoms with Gasteiger partial charge in [0.05, 0.1) is 6.33 Å². The SMILES string of the molecule is CCNc1nc(OCCN2CCCCC2)c2[nH]cnc2n1. The van der Waals surface area contributed by atoms with Crippen molar-refractivity contribution in [2.24, 2.45) is 0 Å². The van der Waals surface area contributed by atoms with Crippen molar-refractivity contribution in [1.29, 1.82) is 0 Å². The smallest absolute Gasteiger partial charge is 0.245 e. The highest BCUT2D eigenvalue weighted by Crippen LogP contribution is 2.20. The molecule has 3 heterocycles. The van der Waals surface area contributed by atoms with E-state index in [2.05, 4.69) is 30.2 Å². The van der Waals surface area contributed by atoms with Crippen LogP contribution in [0.25, 0.3) is 11.2 Å². The molecule has 0 amide bonds. The number of aromatic amines is 1. The van der Waals surface area contributed by atoms with Gasteiger partial charge in [-0.3, -0.25) is 4.90 Å². The minimum atomic E-state index is 0.560. The Kier molecular flexibility index (Phi) is 4.49. The molecule has 0 aromatic carbocycles. The van der Waals surface area contributed by atoms with E-state index in [0.717, 1.165) is 18.6 Å². The molecule has 3 rings (SSSR count). The van der Waals surface area contributed by atoms with Crippen molar-refractivity contribution in [3.05, 3.63) is 6.33 Å². The largest absolute Gasteiger partial charge is 0.475 e. The van der Waals surface area contributed by atoms with Gasteiger partial charge in [0.15, 0.2) is 5.65 Å². The number of nitrogens with zero attached hydrogens (tertiary/aromatic N) is 4. The molecule has 21 heavy (non-hydrogen) atoms. The van der Waals surface area contributed by atoms with Gasteiger partial charge in [0.25, 0.3) is 0 Å². The lowest BCUT2D eigenvalue weighted by atomic mass is 10.1. The highest BCUT2D eigenvalue weighted by atomic mass is 16.5. The van der Waals surface area contributed by atoms with Crippen LogP contribution >= 0.6 is 0 Å². The predicted octanol–water partition coefficient (Wildman–Crippen LogP) is 1.65. The summed E-state index contributed by atoms with van der Waals surface area (Å²) in [5.41, 5.74) is 1.39. The zero-order valence-corrected chi connectivity index (χ0v) is 12.4. The van der Waals surface area contributed by atoms with Gasteiger partial charge in [0, 0.05) is 13.1 Å². The highest BCUT2D eigenvalue weighted by Gasteiger charge is 2.13. The first-order valence-electron chi connectivity index (χ1n) is 7.67. The molecule has 7 nitrogen and oxygen atoms in total. The Bertz CT molecular complexity index is 578. The first kappa shape index (κ1) is 14.1. The van der Waals surface area contributed by atoms with Crippen molar-refractivity contribution in [3.8, 4) is 5.88 Å². The lowest BCUT2D eigenvalue weighted by Gasteiger charge is -2.26. The van der Waals surface area contributed by atoms with Crippen LogP contribution in [0.3, 0.4) is 0 Å². The molecule has 0 radical (unpaired) electrons. The summed E-state index contributed by atoms with van der Waals surface area (Å²) in [5.74, 6) is 1.13. The molecule has 0 aliphatic carbocycles. The lowest BCUT2D eigenvalue weighted by Crippen LogP contribution is -2.33. The third-order valence-electron chi connectivity index (χ3n) is 3.68. The molecule has 1 aliphatic heterocycles. The first-order chi connectivity index (χ1) is 10.4. The van der Waals surface area contributed by atoms with Crippen molar-refractivity contribution >= 4 is 17.1 Å². The Labute approximate surface area is 124 Å². The number of likely N-dealkylation sites (tertiary alicyclic amines) is 1. The van der Waals surface area contributed by atoms with E-state index in [4.69, 9.17) is 4.74 Å². The molecule has 1 saturated heterocycles. The number of hydrogen-bond acceptors (Lipinski definition) is 6. The Morgan fingerprint density at radius 3 is 2.95 bits per heavy atom. The quantitative estimate of drug-likeness (QED) is 0.842. The van der Waals surface area contributed by atoms with Crippen LogP contribution in [-0.2, 0) is 0 Å². The van der Waals surface area contributed by atoms with E-state index in [0.29, 0.717) is 24.1 Å². The second kappa shape index (κ2) is 6.71. The summed E-state index contributed by atoms with van der Waals surface area (Å²) >= 11 is 0. The summed E-state index contributed by atoms with van der Waals surface area (Å²) in [6.45, 7) is 6.70. The molecule has 2 N–H and O–H groups in total. The number of piperidine rings is 1. The maximum Gasteiger partial charge on any atom is 0.245 e. The minimum Gasteiger partial charge on any atom is -0.475 e. The van der Waals surface area contributed by atoms with Crippen molar-refractivity contribution in [3.63, 3.8) is 0 Å². The fourth-order valence-corrected chi connectivity index (χ4v) is 2.60. The van der Waals surface area contributed by atoms with E-state index in [9.17, 15) is 0 Å². The average molecular weight is 290 g/mol. The molecule has 0 atom stereocenters. The predicted molar refractivity (Wildman–Crippen MR) is 81.6 cm³/mol. The molecule has 0 bridgehead atoms. The fraction of sp³-hybridized carbons (Fsp3) is 0.643. The summed E-state index contributed by atoms with van der Waals surface area (Å²) in [5, 5.41) is 3.10. The lowest BCUT2D eigenvalue weighted by molar-refractivity contribution is 0.181. The number of nitrogens with one attached hydrogen (secondary N) is 2. The van der Waals surface area contributed by atoms with Crippen LogP contribution < -0.4 is 10.1 Å². The van der Waals surface area contributed by atoms with Crippen LogP contribution in [0.4, 0.5) is 5.95 Å². The van der Waals surface area contributed by atoms with Crippen LogP contribution in [0, 0.1) is 0 Å². The van der Waals surface area contributed by atoms with E-state index in [1.54, 1.807) is 6.33 Å². The van der Waals surface area contributed by atoms with Crippen molar-refractivity contribution in [2.75, 3.05) is 38.1 Å². The van der Waals surface area contributed by atoms with E-state index in [-0.39, 0.29) is 0 Å². The Morgan fingerprint density at radius 2 is 2.14 bits per heavy atom. The Balaban J connectivity index is 1.65. The number of imidazole rings is 1. The van der Waals surface area contributed by atoms with E-state index < -0.39 is 0 Å². The monoisotopic (exact) mass is 290 g/mol. The van der Waals surface area contributed by atoms with Crippen LogP contribution in [0.15, 0.2) is 6.33 Å². The van der Waals surface area contributed by atoms with Crippen molar-refractivity contribution in [2.45, 2.75) is 26.2 Å².